The van der Waals surface area contributed by atoms with Gasteiger partial charge in [-0.1, -0.05) is 6.07 Å². The lowest BCUT2D eigenvalue weighted by Gasteiger charge is -2.24. The maximum Gasteiger partial charge on any atom is 0.162 e. The third-order valence-electron chi connectivity index (χ3n) is 3.81. The fourth-order valence-corrected chi connectivity index (χ4v) is 2.46. The molecular weight excluding hydrogens is 254 g/mol. The van der Waals surface area contributed by atoms with E-state index in [1.807, 2.05) is 6.07 Å². The van der Waals surface area contributed by atoms with Gasteiger partial charge in [0.1, 0.15) is 6.10 Å². The lowest BCUT2D eigenvalue weighted by Crippen LogP contribution is -2.28. The predicted octanol–water partition coefficient (Wildman–Crippen LogP) is 2.51. The summed E-state index contributed by atoms with van der Waals surface area (Å²) >= 11 is 0. The van der Waals surface area contributed by atoms with E-state index in [4.69, 9.17) is 14.2 Å². The molecule has 1 heterocycles. The summed E-state index contributed by atoms with van der Waals surface area (Å²) in [6, 6.07) is 6.89. The van der Waals surface area contributed by atoms with Gasteiger partial charge in [0, 0.05) is 19.2 Å². The monoisotopic (exact) mass is 277 g/mol. The first-order chi connectivity index (χ1) is 9.85. The van der Waals surface area contributed by atoms with Crippen molar-refractivity contribution in [3.8, 4) is 11.5 Å². The van der Waals surface area contributed by atoms with Gasteiger partial charge in [0.2, 0.25) is 0 Å². The normalized spacial score (nSPS) is 22.6. The first-order valence-corrected chi connectivity index (χ1v) is 7.50. The third kappa shape index (κ3) is 3.64. The van der Waals surface area contributed by atoms with E-state index in [0.29, 0.717) is 12.6 Å². The molecule has 1 saturated carbocycles. The van der Waals surface area contributed by atoms with Crippen LogP contribution < -0.4 is 14.8 Å². The average molecular weight is 277 g/mol. The first-order valence-electron chi connectivity index (χ1n) is 7.50. The molecule has 0 aromatic heterocycles. The highest BCUT2D eigenvalue weighted by atomic mass is 16.5. The largest absolute Gasteiger partial charge is 0.493 e. The molecule has 0 radical (unpaired) electrons. The number of rotatable bonds is 6. The molecule has 20 heavy (non-hydrogen) atoms. The summed E-state index contributed by atoms with van der Waals surface area (Å²) in [7, 11) is 1.68. The minimum absolute atomic E-state index is 0.143. The molecule has 2 fully saturated rings. The van der Waals surface area contributed by atoms with Gasteiger partial charge in [-0.05, 0) is 43.4 Å². The molecule has 1 aliphatic carbocycles. The van der Waals surface area contributed by atoms with Crippen LogP contribution in [0.4, 0.5) is 0 Å². The van der Waals surface area contributed by atoms with Crippen LogP contribution in [-0.2, 0) is 11.3 Å². The van der Waals surface area contributed by atoms with Crippen molar-refractivity contribution in [1.29, 1.82) is 0 Å². The Hall–Kier alpha value is -1.26. The van der Waals surface area contributed by atoms with Gasteiger partial charge in [-0.2, -0.15) is 0 Å². The van der Waals surface area contributed by atoms with E-state index >= 15 is 0 Å². The summed E-state index contributed by atoms with van der Waals surface area (Å²) in [5.74, 6) is 1.63. The van der Waals surface area contributed by atoms with Gasteiger partial charge in [0.05, 0.1) is 13.7 Å². The van der Waals surface area contributed by atoms with Gasteiger partial charge < -0.3 is 19.5 Å². The second kappa shape index (κ2) is 6.46. The molecule has 4 nitrogen and oxygen atoms in total. The zero-order chi connectivity index (χ0) is 13.8. The zero-order valence-corrected chi connectivity index (χ0v) is 12.1. The van der Waals surface area contributed by atoms with Gasteiger partial charge in [-0.15, -0.1) is 0 Å². The molecule has 1 aliphatic heterocycles. The van der Waals surface area contributed by atoms with Crippen LogP contribution in [0.3, 0.4) is 0 Å². The van der Waals surface area contributed by atoms with Crippen molar-refractivity contribution in [2.24, 2.45) is 0 Å². The Balaban J connectivity index is 1.66. The lowest BCUT2D eigenvalue weighted by atomic mass is 10.1. The van der Waals surface area contributed by atoms with Crippen molar-refractivity contribution in [3.63, 3.8) is 0 Å². The zero-order valence-electron chi connectivity index (χ0n) is 12.1. The van der Waals surface area contributed by atoms with E-state index in [0.717, 1.165) is 37.5 Å². The summed E-state index contributed by atoms with van der Waals surface area (Å²) in [6.07, 6.45) is 4.87. The molecule has 0 bridgehead atoms. The molecule has 1 aromatic rings. The van der Waals surface area contributed by atoms with Crippen molar-refractivity contribution < 1.29 is 14.2 Å². The summed E-state index contributed by atoms with van der Waals surface area (Å²) < 4.78 is 16.9. The van der Waals surface area contributed by atoms with Crippen LogP contribution in [0.25, 0.3) is 0 Å². The van der Waals surface area contributed by atoms with Gasteiger partial charge in [-0.3, -0.25) is 0 Å². The lowest BCUT2D eigenvalue weighted by molar-refractivity contribution is 0.00641. The van der Waals surface area contributed by atoms with E-state index in [9.17, 15) is 0 Å². The molecule has 3 rings (SSSR count). The van der Waals surface area contributed by atoms with Crippen LogP contribution in [0, 0.1) is 0 Å². The second-order valence-corrected chi connectivity index (χ2v) is 5.60. The van der Waals surface area contributed by atoms with Crippen LogP contribution >= 0.6 is 0 Å². The topological polar surface area (TPSA) is 39.7 Å². The van der Waals surface area contributed by atoms with Gasteiger partial charge in [-0.25, -0.2) is 0 Å². The quantitative estimate of drug-likeness (QED) is 0.867. The Labute approximate surface area is 120 Å². The molecule has 0 amide bonds. The summed E-state index contributed by atoms with van der Waals surface area (Å²) in [6.45, 7) is 2.42. The maximum atomic E-state index is 6.06. The molecule has 110 valence electrons. The minimum atomic E-state index is 0.143. The summed E-state index contributed by atoms with van der Waals surface area (Å²) in [4.78, 5) is 0. The molecule has 1 saturated heterocycles. The fourth-order valence-electron chi connectivity index (χ4n) is 2.46. The number of ether oxygens (including phenoxy) is 3. The first kappa shape index (κ1) is 13.7. The van der Waals surface area contributed by atoms with Crippen molar-refractivity contribution >= 4 is 0 Å². The SMILES string of the molecule is COc1ccc(CNC2CC2)cc1OC1CCCOC1. The molecular formula is C16H23NO3. The van der Waals surface area contributed by atoms with Crippen LogP contribution in [0.15, 0.2) is 18.2 Å². The van der Waals surface area contributed by atoms with E-state index in [1.54, 1.807) is 7.11 Å². The van der Waals surface area contributed by atoms with E-state index in [-0.39, 0.29) is 6.10 Å². The molecule has 2 aliphatic rings. The predicted molar refractivity (Wildman–Crippen MR) is 77.3 cm³/mol. The molecule has 0 spiro atoms. The molecule has 1 unspecified atom stereocenters. The van der Waals surface area contributed by atoms with Crippen molar-refractivity contribution in [2.75, 3.05) is 20.3 Å². The van der Waals surface area contributed by atoms with E-state index < -0.39 is 0 Å². The molecule has 1 aromatic carbocycles. The Bertz CT molecular complexity index is 439. The van der Waals surface area contributed by atoms with E-state index in [2.05, 4.69) is 17.4 Å². The smallest absolute Gasteiger partial charge is 0.162 e. The molecule has 4 heteroatoms. The van der Waals surface area contributed by atoms with Crippen LogP contribution in [0.1, 0.15) is 31.2 Å². The van der Waals surface area contributed by atoms with Gasteiger partial charge in [0.25, 0.3) is 0 Å². The highest BCUT2D eigenvalue weighted by molar-refractivity contribution is 5.43. The Morgan fingerprint density at radius 1 is 1.25 bits per heavy atom. The Kier molecular flexibility index (Phi) is 4.43. The van der Waals surface area contributed by atoms with Crippen LogP contribution in [-0.4, -0.2) is 32.5 Å². The number of hydrogen-bond acceptors (Lipinski definition) is 4. The number of methoxy groups -OCH3 is 1. The van der Waals surface area contributed by atoms with Crippen molar-refractivity contribution in [2.45, 2.75) is 44.4 Å². The second-order valence-electron chi connectivity index (χ2n) is 5.60. The highest BCUT2D eigenvalue weighted by Crippen LogP contribution is 2.30. The fraction of sp³-hybridized carbons (Fsp3) is 0.625. The van der Waals surface area contributed by atoms with E-state index in [1.165, 1.54) is 18.4 Å². The van der Waals surface area contributed by atoms with Crippen molar-refractivity contribution in [3.05, 3.63) is 23.8 Å². The molecule has 1 atom stereocenters. The third-order valence-corrected chi connectivity index (χ3v) is 3.81. The van der Waals surface area contributed by atoms with Crippen LogP contribution in [0.5, 0.6) is 11.5 Å². The maximum absolute atomic E-state index is 6.06. The number of hydrogen-bond donors (Lipinski definition) is 1. The number of benzene rings is 1. The van der Waals surface area contributed by atoms with Gasteiger partial charge in [0.15, 0.2) is 11.5 Å². The Morgan fingerprint density at radius 2 is 2.15 bits per heavy atom. The summed E-state index contributed by atoms with van der Waals surface area (Å²) in [5, 5.41) is 3.52. The van der Waals surface area contributed by atoms with Crippen LogP contribution in [0.2, 0.25) is 0 Å². The standard InChI is InChI=1S/C16H23NO3/c1-18-15-7-4-12(10-17-13-5-6-13)9-16(15)20-14-3-2-8-19-11-14/h4,7,9,13-14,17H,2-3,5-6,8,10-11H2,1H3. The van der Waals surface area contributed by atoms with Gasteiger partial charge >= 0.3 is 0 Å². The van der Waals surface area contributed by atoms with Crippen molar-refractivity contribution in [1.82, 2.24) is 5.32 Å². The molecule has 1 N–H and O–H groups in total. The highest BCUT2D eigenvalue weighted by Gasteiger charge is 2.21. The summed E-state index contributed by atoms with van der Waals surface area (Å²) in [5.41, 5.74) is 1.24. The average Bonchev–Trinajstić information content (AvgIpc) is 3.31. The minimum Gasteiger partial charge on any atom is -0.493 e. The number of nitrogens with one attached hydrogen (secondary N) is 1. The Morgan fingerprint density at radius 3 is 2.85 bits per heavy atom.